The molecule has 3 rings (SSSR count). The van der Waals surface area contributed by atoms with Crippen LogP contribution in [0.4, 0.5) is 5.82 Å². The van der Waals surface area contributed by atoms with Gasteiger partial charge >= 0.3 is 11.9 Å². The lowest BCUT2D eigenvalue weighted by Gasteiger charge is -2.26. The van der Waals surface area contributed by atoms with Gasteiger partial charge in [0.2, 0.25) is 0 Å². The average molecular weight is 526 g/mol. The fraction of sp³-hybridized carbons (Fsp3) is 0.567. The van der Waals surface area contributed by atoms with E-state index in [0.29, 0.717) is 13.0 Å². The van der Waals surface area contributed by atoms with Crippen LogP contribution in [-0.4, -0.2) is 68.3 Å². The highest BCUT2D eigenvalue weighted by molar-refractivity contribution is 5.79. The number of anilines is 1. The Balaban J connectivity index is 1.48. The number of aromatic nitrogens is 1. The number of hydrogen-bond donors (Lipinski definition) is 1. The molecule has 0 fully saturated rings. The Morgan fingerprint density at radius 3 is 2.66 bits per heavy atom. The summed E-state index contributed by atoms with van der Waals surface area (Å²) in [7, 11) is 3.07. The molecule has 0 amide bonds. The van der Waals surface area contributed by atoms with Crippen molar-refractivity contribution in [3.05, 3.63) is 59.3 Å². The van der Waals surface area contributed by atoms with E-state index in [1.807, 2.05) is 37.3 Å². The maximum absolute atomic E-state index is 12.5. The number of carbonyl (C=O) groups is 2. The first-order valence-corrected chi connectivity index (χ1v) is 13.7. The quantitative estimate of drug-likeness (QED) is 0.255. The number of ether oxygens (including phenoxy) is 3. The molecule has 1 aromatic carbocycles. The van der Waals surface area contributed by atoms with E-state index in [-0.39, 0.29) is 25.1 Å². The van der Waals surface area contributed by atoms with Gasteiger partial charge in [0, 0.05) is 25.9 Å². The number of fused-ring (bicyclic) bond motifs is 1. The molecule has 1 N–H and O–H groups in total. The van der Waals surface area contributed by atoms with E-state index in [0.717, 1.165) is 68.8 Å². The third-order valence-electron chi connectivity index (χ3n) is 7.01. The summed E-state index contributed by atoms with van der Waals surface area (Å²) in [5.74, 6) is -0.280. The molecular formula is C30H43N3O5. The van der Waals surface area contributed by atoms with Crippen LogP contribution in [0.15, 0.2) is 42.5 Å². The van der Waals surface area contributed by atoms with E-state index < -0.39 is 11.9 Å². The van der Waals surface area contributed by atoms with Crippen LogP contribution in [0.2, 0.25) is 0 Å². The van der Waals surface area contributed by atoms with Gasteiger partial charge in [-0.1, -0.05) is 36.4 Å². The summed E-state index contributed by atoms with van der Waals surface area (Å²) in [6, 6.07) is 13.9. The molecule has 8 nitrogen and oxygen atoms in total. The van der Waals surface area contributed by atoms with Gasteiger partial charge in [-0.2, -0.15) is 0 Å². The van der Waals surface area contributed by atoms with Gasteiger partial charge in [-0.15, -0.1) is 0 Å². The molecule has 0 saturated heterocycles. The largest absolute Gasteiger partial charge is 0.469 e. The summed E-state index contributed by atoms with van der Waals surface area (Å²) in [4.78, 5) is 32.0. The van der Waals surface area contributed by atoms with Gasteiger partial charge in [-0.25, -0.2) is 4.98 Å². The lowest BCUT2D eigenvalue weighted by Crippen LogP contribution is -2.35. The van der Waals surface area contributed by atoms with Crippen LogP contribution in [0.5, 0.6) is 0 Å². The molecule has 0 saturated carbocycles. The molecule has 38 heavy (non-hydrogen) atoms. The highest BCUT2D eigenvalue weighted by Gasteiger charge is 2.25. The molecule has 1 aliphatic heterocycles. The maximum Gasteiger partial charge on any atom is 0.309 e. The topological polar surface area (TPSA) is 90.0 Å². The zero-order chi connectivity index (χ0) is 27.2. The number of nitrogens with one attached hydrogen (secondary N) is 1. The Kier molecular flexibility index (Phi) is 12.5. The number of methoxy groups -OCH3 is 2. The van der Waals surface area contributed by atoms with Crippen molar-refractivity contribution in [2.75, 3.05) is 45.7 Å². The van der Waals surface area contributed by atoms with Crippen molar-refractivity contribution in [3.8, 4) is 0 Å². The third-order valence-corrected chi connectivity index (χ3v) is 7.01. The van der Waals surface area contributed by atoms with E-state index >= 15 is 0 Å². The van der Waals surface area contributed by atoms with Crippen LogP contribution < -0.4 is 5.32 Å². The minimum Gasteiger partial charge on any atom is -0.469 e. The first-order valence-electron chi connectivity index (χ1n) is 13.7. The summed E-state index contributed by atoms with van der Waals surface area (Å²) >= 11 is 0. The highest BCUT2D eigenvalue weighted by atomic mass is 16.5. The van der Waals surface area contributed by atoms with Crippen molar-refractivity contribution in [2.24, 2.45) is 5.92 Å². The molecule has 208 valence electrons. The van der Waals surface area contributed by atoms with Crippen LogP contribution in [0.1, 0.15) is 55.8 Å². The molecule has 2 aromatic rings. The van der Waals surface area contributed by atoms with Gasteiger partial charge in [0.25, 0.3) is 0 Å². The first kappa shape index (κ1) is 29.6. The number of pyridine rings is 1. The average Bonchev–Trinajstić information content (AvgIpc) is 2.95. The molecule has 0 spiro atoms. The number of rotatable bonds is 16. The number of hydrogen-bond acceptors (Lipinski definition) is 8. The number of nitrogens with zero attached hydrogens (tertiary/aromatic N) is 2. The summed E-state index contributed by atoms with van der Waals surface area (Å²) in [5.41, 5.74) is 3.34. The van der Waals surface area contributed by atoms with E-state index in [4.69, 9.17) is 19.2 Å². The van der Waals surface area contributed by atoms with Crippen LogP contribution in [-0.2, 0) is 43.2 Å². The fourth-order valence-corrected chi connectivity index (χ4v) is 4.69. The molecule has 0 aliphatic carbocycles. The zero-order valence-electron chi connectivity index (χ0n) is 23.1. The van der Waals surface area contributed by atoms with Crippen LogP contribution in [0.3, 0.4) is 0 Å². The molecule has 0 unspecified atom stereocenters. The van der Waals surface area contributed by atoms with Crippen molar-refractivity contribution >= 4 is 17.8 Å². The second-order valence-electron chi connectivity index (χ2n) is 10.0. The molecule has 2 atom stereocenters. The van der Waals surface area contributed by atoms with Gasteiger partial charge in [-0.05, 0) is 75.7 Å². The van der Waals surface area contributed by atoms with Crippen molar-refractivity contribution in [2.45, 2.75) is 64.6 Å². The third kappa shape index (κ3) is 10.1. The maximum atomic E-state index is 12.5. The molecule has 8 heteroatoms. The van der Waals surface area contributed by atoms with Crippen molar-refractivity contribution in [1.29, 1.82) is 0 Å². The fourth-order valence-electron chi connectivity index (χ4n) is 4.69. The molecule has 2 heterocycles. The lowest BCUT2D eigenvalue weighted by atomic mass is 10.0. The normalized spacial score (nSPS) is 14.3. The number of benzene rings is 1. The van der Waals surface area contributed by atoms with Gasteiger partial charge in [0.15, 0.2) is 0 Å². The predicted octanol–water partition coefficient (Wildman–Crippen LogP) is 4.41. The molecular weight excluding hydrogens is 482 g/mol. The van der Waals surface area contributed by atoms with Gasteiger partial charge in [0.05, 0.1) is 25.6 Å². The molecule has 1 aliphatic rings. The SMILES string of the molecule is COC(=O)[C@H](CCN(CCCCc1ccc2c(n1)NCCC2)C[C@@H](C)OC)CC(=O)OCc1ccccc1. The summed E-state index contributed by atoms with van der Waals surface area (Å²) in [6.07, 6.45) is 5.80. The molecule has 0 bridgehead atoms. The lowest BCUT2D eigenvalue weighted by molar-refractivity contribution is -0.154. The number of carbonyl (C=O) groups excluding carboxylic acids is 2. The minimum atomic E-state index is -0.546. The summed E-state index contributed by atoms with van der Waals surface area (Å²) in [6.45, 7) is 5.52. The van der Waals surface area contributed by atoms with E-state index in [2.05, 4.69) is 22.3 Å². The predicted molar refractivity (Wildman–Crippen MR) is 148 cm³/mol. The van der Waals surface area contributed by atoms with Crippen molar-refractivity contribution in [1.82, 2.24) is 9.88 Å². The number of aryl methyl sites for hydroxylation is 2. The molecule has 0 radical (unpaired) electrons. The van der Waals surface area contributed by atoms with Gasteiger partial charge < -0.3 is 24.4 Å². The van der Waals surface area contributed by atoms with E-state index in [9.17, 15) is 9.59 Å². The van der Waals surface area contributed by atoms with Gasteiger partial charge in [-0.3, -0.25) is 9.59 Å². The number of unbranched alkanes of at least 4 members (excludes halogenated alkanes) is 1. The Morgan fingerprint density at radius 2 is 1.89 bits per heavy atom. The molecule has 1 aromatic heterocycles. The summed E-state index contributed by atoms with van der Waals surface area (Å²) in [5, 5.41) is 3.41. The van der Waals surface area contributed by atoms with E-state index in [1.165, 1.54) is 12.7 Å². The van der Waals surface area contributed by atoms with Crippen LogP contribution in [0.25, 0.3) is 0 Å². The second kappa shape index (κ2) is 16.1. The van der Waals surface area contributed by atoms with Crippen molar-refractivity contribution in [3.63, 3.8) is 0 Å². The van der Waals surface area contributed by atoms with Crippen LogP contribution >= 0.6 is 0 Å². The minimum absolute atomic E-state index is 0.00517. The highest BCUT2D eigenvalue weighted by Crippen LogP contribution is 2.20. The second-order valence-corrected chi connectivity index (χ2v) is 10.0. The Morgan fingerprint density at radius 1 is 1.08 bits per heavy atom. The first-order chi connectivity index (χ1) is 18.5. The monoisotopic (exact) mass is 525 g/mol. The van der Waals surface area contributed by atoms with Gasteiger partial charge in [0.1, 0.15) is 12.4 Å². The number of esters is 2. The Bertz CT molecular complexity index is 1000. The Hall–Kier alpha value is -2.97. The smallest absolute Gasteiger partial charge is 0.309 e. The zero-order valence-corrected chi connectivity index (χ0v) is 23.1. The van der Waals surface area contributed by atoms with E-state index in [1.54, 1.807) is 7.11 Å². The van der Waals surface area contributed by atoms with Crippen molar-refractivity contribution < 1.29 is 23.8 Å². The Labute approximate surface area is 227 Å². The van der Waals surface area contributed by atoms with Crippen LogP contribution in [0, 0.1) is 5.92 Å². The summed E-state index contributed by atoms with van der Waals surface area (Å²) < 4.78 is 15.9. The standard InChI is InChI=1S/C30H43N3O5/c1-23(36-2)21-33(18-8-7-13-27-15-14-25-12-9-17-31-29(25)32-27)19-16-26(30(35)37-3)20-28(34)38-22-24-10-5-4-6-11-24/h4-6,10-11,14-15,23,26H,7-9,12-13,16-22H2,1-3H3,(H,31,32)/t23-,26-/m1/s1.